The lowest BCUT2D eigenvalue weighted by Gasteiger charge is -2.21. The predicted octanol–water partition coefficient (Wildman–Crippen LogP) is 9.13. The third-order valence-corrected chi connectivity index (χ3v) is 8.79. The van der Waals surface area contributed by atoms with Gasteiger partial charge < -0.3 is 19.4 Å². The number of methoxy groups -OCH3 is 1. The Bertz CT molecular complexity index is 1760. The van der Waals surface area contributed by atoms with Crippen molar-refractivity contribution < 1.29 is 14.3 Å². The van der Waals surface area contributed by atoms with Crippen molar-refractivity contribution in [1.82, 2.24) is 9.55 Å². The van der Waals surface area contributed by atoms with Gasteiger partial charge in [-0.3, -0.25) is 4.79 Å². The number of halogens is 2. The summed E-state index contributed by atoms with van der Waals surface area (Å²) >= 11 is 12.8. The quantitative estimate of drug-likeness (QED) is 0.156. The van der Waals surface area contributed by atoms with Crippen LogP contribution in [0.25, 0.3) is 27.7 Å². The average molecular weight is 629 g/mol. The zero-order valence-corrected chi connectivity index (χ0v) is 26.2. The van der Waals surface area contributed by atoms with E-state index in [1.807, 2.05) is 42.6 Å². The lowest BCUT2D eigenvalue weighted by Crippen LogP contribution is -2.15. The van der Waals surface area contributed by atoms with E-state index in [1.165, 1.54) is 39.2 Å². The first-order valence-electron chi connectivity index (χ1n) is 15.1. The minimum absolute atomic E-state index is 0.0987. The minimum atomic E-state index is -0.325. The van der Waals surface area contributed by atoms with E-state index >= 15 is 0 Å². The highest BCUT2D eigenvalue weighted by Gasteiger charge is 2.16. The number of hydrogen-bond acceptors (Lipinski definition) is 5. The number of carbonyl (C=O) groups is 1. The molecule has 0 bridgehead atoms. The highest BCUT2D eigenvalue weighted by atomic mass is 35.5. The SMILES string of the molecule is COC(=O)CNc1ccc(-n2cc(-c3ccc(Cl)cc3Cl)nc2Cc2ccc3cc(OCC4CCCCC4)ccc3c2)cc1. The Morgan fingerprint density at radius 2 is 1.70 bits per heavy atom. The fourth-order valence-electron chi connectivity index (χ4n) is 5.80. The summed E-state index contributed by atoms with van der Waals surface area (Å²) in [5, 5.41) is 6.51. The van der Waals surface area contributed by atoms with Gasteiger partial charge in [-0.1, -0.05) is 66.7 Å². The first-order valence-corrected chi connectivity index (χ1v) is 15.8. The molecule has 1 fully saturated rings. The van der Waals surface area contributed by atoms with Gasteiger partial charge in [-0.15, -0.1) is 0 Å². The lowest BCUT2D eigenvalue weighted by atomic mass is 9.90. The van der Waals surface area contributed by atoms with Crippen LogP contribution in [0.1, 0.15) is 43.5 Å². The van der Waals surface area contributed by atoms with Gasteiger partial charge in [0.2, 0.25) is 0 Å². The van der Waals surface area contributed by atoms with Crippen molar-refractivity contribution in [3.8, 4) is 22.7 Å². The molecule has 1 N–H and O–H groups in total. The number of rotatable bonds is 10. The van der Waals surface area contributed by atoms with Crippen molar-refractivity contribution in [3.63, 3.8) is 0 Å². The van der Waals surface area contributed by atoms with Gasteiger partial charge in [0.1, 0.15) is 18.1 Å². The molecular weight excluding hydrogens is 593 g/mol. The van der Waals surface area contributed by atoms with Crippen LogP contribution in [0.2, 0.25) is 10.0 Å². The van der Waals surface area contributed by atoms with E-state index in [2.05, 4.69) is 46.3 Å². The van der Waals surface area contributed by atoms with Gasteiger partial charge in [0.25, 0.3) is 0 Å². The molecule has 6 rings (SSSR count). The molecule has 226 valence electrons. The summed E-state index contributed by atoms with van der Waals surface area (Å²) in [5.41, 5.74) is 4.47. The van der Waals surface area contributed by atoms with Gasteiger partial charge in [0, 0.05) is 34.6 Å². The molecule has 0 spiro atoms. The molecule has 0 unspecified atom stereocenters. The van der Waals surface area contributed by atoms with Gasteiger partial charge in [-0.25, -0.2) is 4.98 Å². The molecule has 6 nitrogen and oxygen atoms in total. The summed E-state index contributed by atoms with van der Waals surface area (Å²) < 4.78 is 13.0. The Balaban J connectivity index is 1.26. The fraction of sp³-hybridized carbons (Fsp3) is 0.278. The van der Waals surface area contributed by atoms with Crippen molar-refractivity contribution in [1.29, 1.82) is 0 Å². The molecule has 1 heterocycles. The van der Waals surface area contributed by atoms with Crippen LogP contribution < -0.4 is 10.1 Å². The topological polar surface area (TPSA) is 65.4 Å². The molecule has 0 amide bonds. The second kappa shape index (κ2) is 13.7. The average Bonchev–Trinajstić information content (AvgIpc) is 3.46. The molecule has 4 aromatic carbocycles. The van der Waals surface area contributed by atoms with Crippen LogP contribution in [0.5, 0.6) is 5.75 Å². The van der Waals surface area contributed by atoms with Gasteiger partial charge >= 0.3 is 5.97 Å². The zero-order valence-electron chi connectivity index (χ0n) is 24.7. The number of anilines is 1. The van der Waals surface area contributed by atoms with Crippen LogP contribution in [0.15, 0.2) is 85.1 Å². The maximum Gasteiger partial charge on any atom is 0.325 e. The van der Waals surface area contributed by atoms with Crippen LogP contribution in [-0.2, 0) is 16.0 Å². The highest BCUT2D eigenvalue weighted by Crippen LogP contribution is 2.32. The van der Waals surface area contributed by atoms with Gasteiger partial charge in [0.05, 0.1) is 24.4 Å². The van der Waals surface area contributed by atoms with E-state index in [0.717, 1.165) is 57.1 Å². The van der Waals surface area contributed by atoms with Crippen LogP contribution >= 0.6 is 23.2 Å². The third-order valence-electron chi connectivity index (χ3n) is 8.24. The Morgan fingerprint density at radius 1 is 0.932 bits per heavy atom. The van der Waals surface area contributed by atoms with Crippen molar-refractivity contribution in [2.75, 3.05) is 25.6 Å². The number of nitrogens with one attached hydrogen (secondary N) is 1. The summed E-state index contributed by atoms with van der Waals surface area (Å²) in [6.45, 7) is 0.899. The molecule has 44 heavy (non-hydrogen) atoms. The molecule has 1 aliphatic rings. The Hall–Kier alpha value is -4.00. The predicted molar refractivity (Wildman–Crippen MR) is 178 cm³/mol. The Kier molecular flexibility index (Phi) is 9.39. The Morgan fingerprint density at radius 3 is 2.48 bits per heavy atom. The number of aromatic nitrogens is 2. The number of ether oxygens (including phenoxy) is 2. The van der Waals surface area contributed by atoms with E-state index in [1.54, 1.807) is 6.07 Å². The van der Waals surface area contributed by atoms with Crippen molar-refractivity contribution in [2.45, 2.75) is 38.5 Å². The Labute approximate surface area is 267 Å². The number of benzene rings is 4. The zero-order chi connectivity index (χ0) is 30.5. The standard InChI is InChI=1S/C36H35Cl2N3O3/c1-43-36(42)21-39-29-11-13-30(14-12-29)41-22-34(32-16-10-28(37)20-33(32)38)40-35(41)18-25-7-8-27-19-31(15-9-26(27)17-25)44-23-24-5-3-2-4-6-24/h7-17,19-20,22,24,39H,2-6,18,21,23H2,1H3. The van der Waals surface area contributed by atoms with Gasteiger partial charge in [-0.05, 0) is 89.7 Å². The second-order valence-corrected chi connectivity index (χ2v) is 12.2. The number of carbonyl (C=O) groups excluding carboxylic acids is 1. The number of imidazole rings is 1. The maximum absolute atomic E-state index is 11.5. The lowest BCUT2D eigenvalue weighted by molar-refractivity contribution is -0.138. The smallest absolute Gasteiger partial charge is 0.325 e. The molecule has 0 atom stereocenters. The minimum Gasteiger partial charge on any atom is -0.493 e. The molecule has 0 radical (unpaired) electrons. The largest absolute Gasteiger partial charge is 0.493 e. The summed E-state index contributed by atoms with van der Waals surface area (Å²) in [6.07, 6.45) is 9.15. The number of esters is 1. The summed E-state index contributed by atoms with van der Waals surface area (Å²) in [4.78, 5) is 16.6. The first-order chi connectivity index (χ1) is 21.4. The van der Waals surface area contributed by atoms with E-state index in [0.29, 0.717) is 22.4 Å². The van der Waals surface area contributed by atoms with Gasteiger partial charge in [0.15, 0.2) is 0 Å². The first kappa shape index (κ1) is 30.0. The molecule has 8 heteroatoms. The highest BCUT2D eigenvalue weighted by molar-refractivity contribution is 6.36. The number of hydrogen-bond donors (Lipinski definition) is 1. The van der Waals surface area contributed by atoms with Crippen molar-refractivity contribution >= 4 is 45.6 Å². The number of fused-ring (bicyclic) bond motifs is 1. The van der Waals surface area contributed by atoms with Crippen LogP contribution in [0.4, 0.5) is 5.69 Å². The number of nitrogens with zero attached hydrogens (tertiary/aromatic N) is 2. The molecular formula is C36H35Cl2N3O3. The molecule has 1 saturated carbocycles. The molecule has 1 aromatic heterocycles. The van der Waals surface area contributed by atoms with E-state index in [9.17, 15) is 4.79 Å². The van der Waals surface area contributed by atoms with E-state index in [-0.39, 0.29) is 12.5 Å². The van der Waals surface area contributed by atoms with E-state index < -0.39 is 0 Å². The second-order valence-electron chi connectivity index (χ2n) is 11.3. The van der Waals surface area contributed by atoms with Crippen LogP contribution in [0.3, 0.4) is 0 Å². The van der Waals surface area contributed by atoms with E-state index in [4.69, 9.17) is 37.7 Å². The summed E-state index contributed by atoms with van der Waals surface area (Å²) in [5.74, 6) is 2.15. The third kappa shape index (κ3) is 7.20. The van der Waals surface area contributed by atoms with Crippen LogP contribution in [-0.4, -0.2) is 35.8 Å². The molecule has 0 aliphatic heterocycles. The van der Waals surface area contributed by atoms with Crippen molar-refractivity contribution in [3.05, 3.63) is 106 Å². The van der Waals surface area contributed by atoms with Crippen LogP contribution in [0, 0.1) is 5.92 Å². The monoisotopic (exact) mass is 627 g/mol. The van der Waals surface area contributed by atoms with Crippen molar-refractivity contribution in [2.24, 2.45) is 5.92 Å². The normalized spacial score (nSPS) is 13.6. The van der Waals surface area contributed by atoms with Gasteiger partial charge in [-0.2, -0.15) is 0 Å². The fourth-order valence-corrected chi connectivity index (χ4v) is 6.31. The molecule has 1 aliphatic carbocycles. The summed E-state index contributed by atoms with van der Waals surface area (Å²) in [7, 11) is 1.37. The molecule has 0 saturated heterocycles. The molecule has 5 aromatic rings. The summed E-state index contributed by atoms with van der Waals surface area (Å²) in [6, 6.07) is 26.2. The maximum atomic E-state index is 11.5.